The largest absolute Gasteiger partial charge is 0.461 e. The minimum atomic E-state index is -2.16. The molecule has 1 aromatic carbocycles. The molecule has 0 aliphatic carbocycles. The Morgan fingerprint density at radius 3 is 2.50 bits per heavy atom. The predicted octanol–water partition coefficient (Wildman–Crippen LogP) is 7.91. The molecule has 1 amide bonds. The topological polar surface area (TPSA) is 68.7 Å². The van der Waals surface area contributed by atoms with Crippen LogP contribution in [-0.2, 0) is 18.8 Å². The molecule has 6 nitrogen and oxygen atoms in total. The number of hydrogen-bond donors (Lipinski definition) is 0. The Labute approximate surface area is 248 Å². The summed E-state index contributed by atoms with van der Waals surface area (Å²) in [6, 6.07) is 7.04. The SMILES string of the molecule is C=C(C)C(C(=O)OCC(Cl)Cl)N1C(=O)[C@@H](C(CC)O[Si](C)(C)C(C)(C)C)[C@H]1SSc1nc2ccccc2s1. The molecule has 210 valence electrons. The molecule has 2 unspecified atom stereocenters. The third kappa shape index (κ3) is 7.11. The molecule has 4 atom stereocenters. The van der Waals surface area contributed by atoms with Gasteiger partial charge >= 0.3 is 5.97 Å². The van der Waals surface area contributed by atoms with Gasteiger partial charge in [-0.2, -0.15) is 0 Å². The number of fused-ring (bicyclic) bond motifs is 1. The lowest BCUT2D eigenvalue weighted by Crippen LogP contribution is -2.68. The van der Waals surface area contributed by atoms with Crippen LogP contribution in [0.5, 0.6) is 0 Å². The summed E-state index contributed by atoms with van der Waals surface area (Å²) in [6.07, 6.45) is 0.409. The van der Waals surface area contributed by atoms with Crippen LogP contribution in [0.1, 0.15) is 41.0 Å². The van der Waals surface area contributed by atoms with Crippen LogP contribution >= 0.6 is 56.1 Å². The maximum absolute atomic E-state index is 13.8. The molecule has 0 radical (unpaired) electrons. The number of likely N-dealkylation sites (tertiary alicyclic amines) is 1. The normalized spacial score (nSPS) is 19.9. The number of rotatable bonds is 12. The molecule has 38 heavy (non-hydrogen) atoms. The van der Waals surface area contributed by atoms with E-state index in [1.807, 2.05) is 31.2 Å². The number of carbonyl (C=O) groups excluding carboxylic acids is 2. The summed E-state index contributed by atoms with van der Waals surface area (Å²) in [6.45, 7) is 18.5. The van der Waals surface area contributed by atoms with Gasteiger partial charge < -0.3 is 14.1 Å². The van der Waals surface area contributed by atoms with Gasteiger partial charge in [-0.1, -0.05) is 57.2 Å². The van der Waals surface area contributed by atoms with Crippen LogP contribution in [0.4, 0.5) is 0 Å². The summed E-state index contributed by atoms with van der Waals surface area (Å²) in [4.78, 5) is 32.3. The van der Waals surface area contributed by atoms with Crippen molar-refractivity contribution >= 4 is 86.5 Å². The van der Waals surface area contributed by atoms with Gasteiger partial charge in [-0.15, -0.1) is 34.5 Å². The van der Waals surface area contributed by atoms with E-state index in [0.29, 0.717) is 12.0 Å². The molecule has 0 N–H and O–H groups in total. The zero-order valence-corrected chi connectivity index (χ0v) is 27.8. The second-order valence-corrected chi connectivity index (χ2v) is 20.5. The van der Waals surface area contributed by atoms with Crippen LogP contribution in [-0.4, -0.2) is 59.0 Å². The Balaban J connectivity index is 1.91. The second-order valence-electron chi connectivity index (χ2n) is 10.9. The maximum atomic E-state index is 13.8. The number of para-hydroxylation sites is 1. The smallest absolute Gasteiger partial charge is 0.333 e. The summed E-state index contributed by atoms with van der Waals surface area (Å²) in [5, 5.41) is -0.346. The Kier molecular flexibility index (Phi) is 10.7. The molecule has 0 bridgehead atoms. The number of hydrogen-bond acceptors (Lipinski definition) is 8. The Hall–Kier alpha value is -0.753. The van der Waals surface area contributed by atoms with Crippen LogP contribution in [0.3, 0.4) is 0 Å². The fourth-order valence-electron chi connectivity index (χ4n) is 3.95. The molecule has 1 aliphatic rings. The summed E-state index contributed by atoms with van der Waals surface area (Å²) >= 11 is 13.2. The van der Waals surface area contributed by atoms with Crippen molar-refractivity contribution in [1.29, 1.82) is 0 Å². The van der Waals surface area contributed by atoms with Gasteiger partial charge in [0.1, 0.15) is 16.8 Å². The molecule has 1 aromatic heterocycles. The molecule has 0 saturated carbocycles. The molecule has 1 saturated heterocycles. The second kappa shape index (κ2) is 12.8. The average Bonchev–Trinajstić information content (AvgIpc) is 3.24. The van der Waals surface area contributed by atoms with E-state index in [1.54, 1.807) is 23.2 Å². The van der Waals surface area contributed by atoms with Crippen molar-refractivity contribution in [2.24, 2.45) is 5.92 Å². The Morgan fingerprint density at radius 2 is 1.95 bits per heavy atom. The van der Waals surface area contributed by atoms with Crippen LogP contribution < -0.4 is 0 Å². The fraction of sp³-hybridized carbons (Fsp3) is 0.577. The van der Waals surface area contributed by atoms with E-state index in [2.05, 4.69) is 40.4 Å². The van der Waals surface area contributed by atoms with Gasteiger partial charge in [-0.3, -0.25) is 4.79 Å². The predicted molar refractivity (Wildman–Crippen MR) is 165 cm³/mol. The van der Waals surface area contributed by atoms with E-state index < -0.39 is 31.1 Å². The molecule has 12 heteroatoms. The van der Waals surface area contributed by atoms with E-state index >= 15 is 0 Å². The van der Waals surface area contributed by atoms with Crippen molar-refractivity contribution in [3.8, 4) is 0 Å². The van der Waals surface area contributed by atoms with Crippen LogP contribution in [0.25, 0.3) is 10.2 Å². The minimum absolute atomic E-state index is 0.00497. The van der Waals surface area contributed by atoms with Gasteiger partial charge in [-0.05, 0) is 60.0 Å². The van der Waals surface area contributed by atoms with Gasteiger partial charge in [0.2, 0.25) is 5.91 Å². The zero-order valence-electron chi connectivity index (χ0n) is 22.8. The molecule has 2 aromatic rings. The van der Waals surface area contributed by atoms with Crippen molar-refractivity contribution in [1.82, 2.24) is 9.88 Å². The Bertz CT molecular complexity index is 1140. The Morgan fingerprint density at radius 1 is 1.29 bits per heavy atom. The van der Waals surface area contributed by atoms with E-state index in [0.717, 1.165) is 14.6 Å². The molecule has 2 heterocycles. The molecule has 3 rings (SSSR count). The highest BCUT2D eigenvalue weighted by Crippen LogP contribution is 2.50. The molecular formula is C26H36Cl2N2O4S3Si. The van der Waals surface area contributed by atoms with E-state index in [4.69, 9.17) is 37.3 Å². The van der Waals surface area contributed by atoms with Crippen molar-refractivity contribution in [3.05, 3.63) is 36.4 Å². The summed E-state index contributed by atoms with van der Waals surface area (Å²) in [7, 11) is 0.876. The summed E-state index contributed by atoms with van der Waals surface area (Å²) in [5.41, 5.74) is 1.45. The van der Waals surface area contributed by atoms with Gasteiger partial charge in [0.05, 0.1) is 22.2 Å². The monoisotopic (exact) mass is 634 g/mol. The first-order valence-corrected chi connectivity index (χ1v) is 19.3. The van der Waals surface area contributed by atoms with Crippen molar-refractivity contribution in [3.63, 3.8) is 0 Å². The fourth-order valence-corrected chi connectivity index (χ4v) is 9.60. The first-order valence-electron chi connectivity index (χ1n) is 12.5. The first kappa shape index (κ1) is 31.8. The minimum Gasteiger partial charge on any atom is -0.461 e. The number of aromatic nitrogens is 1. The lowest BCUT2D eigenvalue weighted by Gasteiger charge is -2.53. The lowest BCUT2D eigenvalue weighted by molar-refractivity contribution is -0.169. The number of halogens is 2. The number of nitrogens with zero attached hydrogens (tertiary/aromatic N) is 2. The van der Waals surface area contributed by atoms with Crippen LogP contribution in [0, 0.1) is 5.92 Å². The van der Waals surface area contributed by atoms with E-state index in [1.165, 1.54) is 21.6 Å². The van der Waals surface area contributed by atoms with E-state index in [-0.39, 0.29) is 29.0 Å². The maximum Gasteiger partial charge on any atom is 0.333 e. The number of thiazole rings is 1. The number of carbonyl (C=O) groups is 2. The highest BCUT2D eigenvalue weighted by Gasteiger charge is 2.57. The molecule has 0 spiro atoms. The van der Waals surface area contributed by atoms with Crippen LogP contribution in [0.15, 0.2) is 40.8 Å². The average molecular weight is 636 g/mol. The van der Waals surface area contributed by atoms with Gasteiger partial charge in [0.25, 0.3) is 0 Å². The number of ether oxygens (including phenoxy) is 1. The molecule has 1 aliphatic heterocycles. The lowest BCUT2D eigenvalue weighted by atomic mass is 9.87. The molecule has 1 fully saturated rings. The standard InChI is InChI=1S/C26H36Cl2N2O4S3Si/c1-9-17(34-38(7,8)26(4,5)6)20-22(31)30(21(15(2)3)24(32)33-14-19(27)28)23(20)36-37-25-29-16-12-10-11-13-18(16)35-25/h10-13,17,19-21,23H,2,9,14H2,1,3-8H3/t17?,20-,21?,23-/m1/s1. The third-order valence-corrected chi connectivity index (χ3v) is 15.8. The van der Waals surface area contributed by atoms with Gasteiger partial charge in [-0.25, -0.2) is 9.78 Å². The number of β-lactam (4-membered cyclic amide) rings is 1. The molecular weight excluding hydrogens is 599 g/mol. The van der Waals surface area contributed by atoms with Crippen molar-refractivity contribution in [2.75, 3.05) is 6.61 Å². The quantitative estimate of drug-likeness (QED) is 0.0586. The first-order chi connectivity index (χ1) is 17.7. The van der Waals surface area contributed by atoms with Crippen molar-refractivity contribution < 1.29 is 18.8 Å². The summed E-state index contributed by atoms with van der Waals surface area (Å²) in [5.74, 6) is -1.15. The highest BCUT2D eigenvalue weighted by molar-refractivity contribution is 8.77. The number of benzene rings is 1. The van der Waals surface area contributed by atoms with Crippen LogP contribution in [0.2, 0.25) is 18.1 Å². The number of alkyl halides is 2. The van der Waals surface area contributed by atoms with Gasteiger partial charge in [0.15, 0.2) is 18.7 Å². The third-order valence-electron chi connectivity index (χ3n) is 6.99. The van der Waals surface area contributed by atoms with Crippen molar-refractivity contribution in [2.45, 2.75) is 85.9 Å². The highest BCUT2D eigenvalue weighted by atomic mass is 35.5. The van der Waals surface area contributed by atoms with E-state index in [9.17, 15) is 9.59 Å². The van der Waals surface area contributed by atoms with Gasteiger partial charge in [0, 0.05) is 0 Å². The summed E-state index contributed by atoms with van der Waals surface area (Å²) < 4.78 is 14.1. The number of esters is 1. The number of amides is 1. The zero-order chi connectivity index (χ0) is 28.4.